The number of anilines is 1. The molecule has 0 amide bonds. The van der Waals surface area contributed by atoms with Crippen LogP contribution in [0.2, 0.25) is 0 Å². The van der Waals surface area contributed by atoms with Crippen LogP contribution in [0.5, 0.6) is 0 Å². The van der Waals surface area contributed by atoms with E-state index in [9.17, 15) is 4.39 Å². The normalized spacial score (nSPS) is 19.8. The maximum Gasteiger partial charge on any atom is 0.146 e. The Balaban J connectivity index is 2.09. The molecular weight excluding hydrogens is 253 g/mol. The summed E-state index contributed by atoms with van der Waals surface area (Å²) >= 11 is 5.87. The Kier molecular flexibility index (Phi) is 4.84. The molecule has 1 unspecified atom stereocenters. The van der Waals surface area contributed by atoms with Gasteiger partial charge in [-0.25, -0.2) is 4.39 Å². The van der Waals surface area contributed by atoms with Crippen LogP contribution in [-0.2, 0) is 10.6 Å². The number of benzene rings is 1. The van der Waals surface area contributed by atoms with Gasteiger partial charge in [-0.1, -0.05) is 12.1 Å². The number of nitrogens with zero attached hydrogens (tertiary/aromatic N) is 1. The lowest BCUT2D eigenvalue weighted by atomic mass is 10.1. The van der Waals surface area contributed by atoms with Crippen molar-refractivity contribution in [3.05, 3.63) is 29.6 Å². The second-order valence-electron chi connectivity index (χ2n) is 4.75. The van der Waals surface area contributed by atoms with E-state index in [4.69, 9.17) is 16.3 Å². The molecule has 1 aromatic carbocycles. The molecule has 0 N–H and O–H groups in total. The van der Waals surface area contributed by atoms with Gasteiger partial charge in [0.25, 0.3) is 0 Å². The van der Waals surface area contributed by atoms with Gasteiger partial charge in [-0.3, -0.25) is 0 Å². The number of halogens is 2. The number of rotatable bonds is 4. The summed E-state index contributed by atoms with van der Waals surface area (Å²) in [5.74, 6) is 0.106. The van der Waals surface area contributed by atoms with E-state index in [0.29, 0.717) is 18.1 Å². The fourth-order valence-electron chi connectivity index (χ4n) is 2.44. The second kappa shape index (κ2) is 6.39. The second-order valence-corrected chi connectivity index (χ2v) is 5.02. The van der Waals surface area contributed by atoms with Gasteiger partial charge in [-0.15, -0.1) is 11.6 Å². The van der Waals surface area contributed by atoms with Crippen molar-refractivity contribution in [2.24, 2.45) is 0 Å². The molecule has 2 rings (SSSR count). The monoisotopic (exact) mass is 271 g/mol. The van der Waals surface area contributed by atoms with Crippen molar-refractivity contribution in [3.8, 4) is 0 Å². The molecule has 0 spiro atoms. The molecule has 1 heterocycles. The summed E-state index contributed by atoms with van der Waals surface area (Å²) in [6.07, 6.45) is 3.58. The third-order valence-corrected chi connectivity index (χ3v) is 3.64. The smallest absolute Gasteiger partial charge is 0.146 e. The van der Waals surface area contributed by atoms with E-state index in [1.165, 1.54) is 12.5 Å². The molecule has 0 aromatic heterocycles. The predicted molar refractivity (Wildman–Crippen MR) is 72.8 cm³/mol. The maximum atomic E-state index is 13.9. The van der Waals surface area contributed by atoms with Crippen molar-refractivity contribution in [3.63, 3.8) is 0 Å². The number of para-hydroxylation sites is 1. The Morgan fingerprint density at radius 1 is 1.44 bits per heavy atom. The zero-order valence-corrected chi connectivity index (χ0v) is 11.4. The number of hydrogen-bond acceptors (Lipinski definition) is 2. The van der Waals surface area contributed by atoms with Crippen molar-refractivity contribution >= 4 is 17.3 Å². The van der Waals surface area contributed by atoms with Gasteiger partial charge in [0.05, 0.1) is 11.8 Å². The summed E-state index contributed by atoms with van der Waals surface area (Å²) < 4.78 is 19.6. The van der Waals surface area contributed by atoms with E-state index >= 15 is 0 Å². The summed E-state index contributed by atoms with van der Waals surface area (Å²) in [4.78, 5) is 1.92. The Labute approximate surface area is 113 Å². The van der Waals surface area contributed by atoms with Crippen molar-refractivity contribution < 1.29 is 9.13 Å². The Bertz CT molecular complexity index is 393. The van der Waals surface area contributed by atoms with Crippen LogP contribution in [0.3, 0.4) is 0 Å². The highest BCUT2D eigenvalue weighted by atomic mass is 35.5. The minimum absolute atomic E-state index is 0.200. The Morgan fingerprint density at radius 3 is 2.94 bits per heavy atom. The zero-order valence-electron chi connectivity index (χ0n) is 10.7. The third-order valence-electron chi connectivity index (χ3n) is 3.35. The summed E-state index contributed by atoms with van der Waals surface area (Å²) in [6.45, 7) is 1.53. The first-order chi connectivity index (χ1) is 8.72. The van der Waals surface area contributed by atoms with Crippen LogP contribution in [-0.4, -0.2) is 26.3 Å². The molecule has 1 aromatic rings. The molecule has 100 valence electrons. The lowest BCUT2D eigenvalue weighted by Gasteiger charge is -2.29. The van der Waals surface area contributed by atoms with Gasteiger partial charge in [0, 0.05) is 26.1 Å². The summed E-state index contributed by atoms with van der Waals surface area (Å²) in [7, 11) is 1.90. The molecule has 0 aliphatic carbocycles. The van der Waals surface area contributed by atoms with Gasteiger partial charge in [-0.05, 0) is 30.9 Å². The number of ether oxygens (including phenoxy) is 1. The standard InChI is InChI=1S/C14H19ClFNO/c1-17(10-12-6-2-3-8-18-12)14-11(9-15)5-4-7-13(14)16/h4-5,7,12H,2-3,6,8-10H2,1H3. The largest absolute Gasteiger partial charge is 0.376 e. The minimum Gasteiger partial charge on any atom is -0.376 e. The molecule has 0 radical (unpaired) electrons. The lowest BCUT2D eigenvalue weighted by Crippen LogP contribution is -2.34. The van der Waals surface area contributed by atoms with Crippen LogP contribution in [0.4, 0.5) is 10.1 Å². The minimum atomic E-state index is -0.216. The summed E-state index contributed by atoms with van der Waals surface area (Å²) in [5, 5.41) is 0. The number of likely N-dealkylation sites (N-methyl/N-ethyl adjacent to an activating group) is 1. The molecule has 1 atom stereocenters. The molecule has 1 fully saturated rings. The van der Waals surface area contributed by atoms with Crippen molar-refractivity contribution in [2.75, 3.05) is 25.1 Å². The van der Waals surface area contributed by atoms with E-state index in [0.717, 1.165) is 25.0 Å². The van der Waals surface area contributed by atoms with E-state index in [1.54, 1.807) is 6.07 Å². The van der Waals surface area contributed by atoms with Crippen LogP contribution in [0.1, 0.15) is 24.8 Å². The molecule has 0 saturated carbocycles. The molecular formula is C14H19ClFNO. The summed E-state index contributed by atoms with van der Waals surface area (Å²) in [5.41, 5.74) is 1.43. The van der Waals surface area contributed by atoms with E-state index in [1.807, 2.05) is 18.0 Å². The fourth-order valence-corrected chi connectivity index (χ4v) is 2.66. The van der Waals surface area contributed by atoms with Crippen LogP contribution >= 0.6 is 11.6 Å². The third kappa shape index (κ3) is 3.15. The highest BCUT2D eigenvalue weighted by Gasteiger charge is 2.19. The first-order valence-corrected chi connectivity index (χ1v) is 6.92. The molecule has 1 saturated heterocycles. The van der Waals surface area contributed by atoms with Crippen molar-refractivity contribution in [1.82, 2.24) is 0 Å². The van der Waals surface area contributed by atoms with Crippen molar-refractivity contribution in [1.29, 1.82) is 0 Å². The van der Waals surface area contributed by atoms with Gasteiger partial charge >= 0.3 is 0 Å². The fraction of sp³-hybridized carbons (Fsp3) is 0.571. The highest BCUT2D eigenvalue weighted by molar-refractivity contribution is 6.17. The molecule has 4 heteroatoms. The van der Waals surface area contributed by atoms with Crippen LogP contribution in [0.25, 0.3) is 0 Å². The van der Waals surface area contributed by atoms with Crippen molar-refractivity contribution in [2.45, 2.75) is 31.2 Å². The Hall–Kier alpha value is -0.800. The molecule has 2 nitrogen and oxygen atoms in total. The highest BCUT2D eigenvalue weighted by Crippen LogP contribution is 2.26. The zero-order chi connectivity index (χ0) is 13.0. The Morgan fingerprint density at radius 2 is 2.28 bits per heavy atom. The maximum absolute atomic E-state index is 13.9. The first kappa shape index (κ1) is 13.6. The molecule has 1 aliphatic rings. The van der Waals surface area contributed by atoms with Crippen LogP contribution in [0, 0.1) is 5.82 Å². The first-order valence-electron chi connectivity index (χ1n) is 6.38. The number of hydrogen-bond donors (Lipinski definition) is 0. The molecule has 18 heavy (non-hydrogen) atoms. The van der Waals surface area contributed by atoms with E-state index < -0.39 is 0 Å². The predicted octanol–water partition coefficient (Wildman–Crippen LogP) is 3.57. The summed E-state index contributed by atoms with van der Waals surface area (Å²) in [6, 6.07) is 5.04. The van der Waals surface area contributed by atoms with Gasteiger partial charge in [0.1, 0.15) is 5.82 Å². The van der Waals surface area contributed by atoms with Crippen LogP contribution in [0.15, 0.2) is 18.2 Å². The van der Waals surface area contributed by atoms with Gasteiger partial charge < -0.3 is 9.64 Å². The lowest BCUT2D eigenvalue weighted by molar-refractivity contribution is 0.0215. The average Bonchev–Trinajstić information content (AvgIpc) is 2.39. The quantitative estimate of drug-likeness (QED) is 0.777. The van der Waals surface area contributed by atoms with Gasteiger partial charge in [-0.2, -0.15) is 0 Å². The topological polar surface area (TPSA) is 12.5 Å². The average molecular weight is 272 g/mol. The molecule has 1 aliphatic heterocycles. The van der Waals surface area contributed by atoms with E-state index in [-0.39, 0.29) is 11.9 Å². The molecule has 0 bridgehead atoms. The van der Waals surface area contributed by atoms with Gasteiger partial charge in [0.15, 0.2) is 0 Å². The SMILES string of the molecule is CN(CC1CCCCO1)c1c(F)cccc1CCl. The van der Waals surface area contributed by atoms with Gasteiger partial charge in [0.2, 0.25) is 0 Å². The number of alkyl halides is 1. The van der Waals surface area contributed by atoms with E-state index in [2.05, 4.69) is 0 Å². The van der Waals surface area contributed by atoms with Crippen LogP contribution < -0.4 is 4.90 Å².